The summed E-state index contributed by atoms with van der Waals surface area (Å²) >= 11 is 0. The van der Waals surface area contributed by atoms with Crippen LogP contribution in [0.3, 0.4) is 0 Å². The van der Waals surface area contributed by atoms with Gasteiger partial charge in [-0.1, -0.05) is 80.6 Å². The highest BCUT2D eigenvalue weighted by Crippen LogP contribution is 2.52. The summed E-state index contributed by atoms with van der Waals surface area (Å²) in [4.78, 5) is 14.9. The Balaban J connectivity index is 1.23. The fourth-order valence-electron chi connectivity index (χ4n) is 6.52. The van der Waals surface area contributed by atoms with Crippen LogP contribution in [0.5, 0.6) is 5.75 Å². The van der Waals surface area contributed by atoms with Crippen LogP contribution in [0.15, 0.2) is 115 Å². The Hall–Kier alpha value is -5.10. The average Bonchev–Trinajstić information content (AvgIpc) is 3.68. The molecule has 0 unspecified atom stereocenters. The van der Waals surface area contributed by atoms with Gasteiger partial charge in [0.05, 0.1) is 18.8 Å². The first-order valence-electron chi connectivity index (χ1n) is 14.8. The Morgan fingerprint density at radius 2 is 1.58 bits per heavy atom. The fraction of sp³-hybridized carbons (Fsp3) is 0.189. The van der Waals surface area contributed by atoms with E-state index in [1.54, 1.807) is 0 Å². The van der Waals surface area contributed by atoms with Crippen LogP contribution in [-0.2, 0) is 10.2 Å². The van der Waals surface area contributed by atoms with E-state index in [1.807, 2.05) is 48.0 Å². The zero-order valence-electron chi connectivity index (χ0n) is 24.6. The van der Waals surface area contributed by atoms with Gasteiger partial charge in [0, 0.05) is 28.4 Å². The molecule has 6 heteroatoms. The summed E-state index contributed by atoms with van der Waals surface area (Å²) in [5.74, 6) is 0.885. The first-order chi connectivity index (χ1) is 20.9. The van der Waals surface area contributed by atoms with E-state index in [4.69, 9.17) is 9.84 Å². The van der Waals surface area contributed by atoms with E-state index in [0.29, 0.717) is 13.2 Å². The van der Waals surface area contributed by atoms with Gasteiger partial charge in [-0.25, -0.2) is 4.68 Å². The van der Waals surface area contributed by atoms with Crippen LogP contribution in [0.25, 0.3) is 34.1 Å². The molecule has 0 spiro atoms. The summed E-state index contributed by atoms with van der Waals surface area (Å²) in [6.45, 7) is 7.38. The van der Waals surface area contributed by atoms with Crippen molar-refractivity contribution in [3.63, 3.8) is 0 Å². The third-order valence-corrected chi connectivity index (χ3v) is 8.79. The molecule has 1 N–H and O–H groups in total. The summed E-state index contributed by atoms with van der Waals surface area (Å²) in [5, 5.41) is 8.32. The fourth-order valence-corrected chi connectivity index (χ4v) is 6.52. The molecule has 1 atom stereocenters. The van der Waals surface area contributed by atoms with Crippen molar-refractivity contribution in [2.45, 2.75) is 31.8 Å². The van der Waals surface area contributed by atoms with Crippen molar-refractivity contribution in [1.82, 2.24) is 15.1 Å². The number of anilines is 1. The lowest BCUT2D eigenvalue weighted by Crippen LogP contribution is -2.58. The topological polar surface area (TPSA) is 59.4 Å². The average molecular weight is 567 g/mol. The van der Waals surface area contributed by atoms with E-state index in [0.717, 1.165) is 45.1 Å². The van der Waals surface area contributed by atoms with Crippen LogP contribution in [0, 0.1) is 0 Å². The van der Waals surface area contributed by atoms with Crippen LogP contribution in [0.2, 0.25) is 0 Å². The van der Waals surface area contributed by atoms with Gasteiger partial charge in [-0.3, -0.25) is 4.79 Å². The second-order valence-electron chi connectivity index (χ2n) is 11.6. The number of nitrogens with zero attached hydrogens (tertiary/aromatic N) is 3. The number of fused-ring (bicyclic) bond motifs is 3. The van der Waals surface area contributed by atoms with Crippen LogP contribution >= 0.6 is 0 Å². The number of carbonyl (C=O) groups is 1. The number of benzene rings is 4. The molecule has 0 aliphatic carbocycles. The maximum Gasteiger partial charge on any atom is 0.241 e. The van der Waals surface area contributed by atoms with Gasteiger partial charge in [-0.05, 0) is 72.2 Å². The second kappa shape index (κ2) is 10.3. The van der Waals surface area contributed by atoms with Crippen LogP contribution in [0.1, 0.15) is 31.9 Å². The summed E-state index contributed by atoms with van der Waals surface area (Å²) < 4.78 is 7.60. The van der Waals surface area contributed by atoms with Crippen LogP contribution < -0.4 is 15.0 Å². The maximum absolute atomic E-state index is 12.7. The number of rotatable bonds is 7. The monoisotopic (exact) mass is 566 g/mol. The van der Waals surface area contributed by atoms with Crippen molar-refractivity contribution < 1.29 is 9.53 Å². The van der Waals surface area contributed by atoms with Gasteiger partial charge in [-0.15, -0.1) is 0 Å². The minimum absolute atomic E-state index is 0.0415. The molecule has 7 rings (SSSR count). The van der Waals surface area contributed by atoms with E-state index in [9.17, 15) is 4.79 Å². The Kier molecular flexibility index (Phi) is 6.42. The van der Waals surface area contributed by atoms with Gasteiger partial charge in [0.1, 0.15) is 17.1 Å². The third-order valence-electron chi connectivity index (χ3n) is 8.79. The smallest absolute Gasteiger partial charge is 0.241 e. The van der Waals surface area contributed by atoms with Gasteiger partial charge in [0.15, 0.2) is 0 Å². The van der Waals surface area contributed by atoms with Crippen molar-refractivity contribution in [2.24, 2.45) is 0 Å². The zero-order valence-corrected chi connectivity index (χ0v) is 24.6. The van der Waals surface area contributed by atoms with Crippen molar-refractivity contribution in [3.05, 3.63) is 127 Å². The summed E-state index contributed by atoms with van der Waals surface area (Å²) in [6.07, 6.45) is 6.37. The number of carbonyl (C=O) groups excluding carboxylic acids is 1. The van der Waals surface area contributed by atoms with E-state index in [-0.39, 0.29) is 11.3 Å². The quantitative estimate of drug-likeness (QED) is 0.226. The van der Waals surface area contributed by atoms with Crippen molar-refractivity contribution in [1.29, 1.82) is 0 Å². The molecule has 4 aromatic carbocycles. The molecular formula is C37H34N4O2. The molecule has 1 amide bonds. The molecule has 43 heavy (non-hydrogen) atoms. The van der Waals surface area contributed by atoms with Crippen LogP contribution in [0.4, 0.5) is 5.69 Å². The Labute approximate surface area is 252 Å². The highest BCUT2D eigenvalue weighted by Gasteiger charge is 2.59. The summed E-state index contributed by atoms with van der Waals surface area (Å²) in [5.41, 5.74) is 7.55. The predicted molar refractivity (Wildman–Crippen MR) is 172 cm³/mol. The Morgan fingerprint density at radius 3 is 2.33 bits per heavy atom. The number of para-hydroxylation sites is 2. The number of amides is 1. The SMILES string of the molecule is CCOc1ccc(-c2nn(-c3ccccc3)cc2-c2ccc(/C=C/[C@@]34NC(=O)CN3c3ccccc3C4(C)C)cc2)cc1. The largest absolute Gasteiger partial charge is 0.494 e. The van der Waals surface area contributed by atoms with E-state index in [1.165, 1.54) is 5.56 Å². The van der Waals surface area contributed by atoms with Gasteiger partial charge in [0.2, 0.25) is 5.91 Å². The number of hydrogen-bond acceptors (Lipinski definition) is 4. The van der Waals surface area contributed by atoms with Gasteiger partial charge >= 0.3 is 0 Å². The summed E-state index contributed by atoms with van der Waals surface area (Å²) in [6, 6.07) is 35.2. The summed E-state index contributed by atoms with van der Waals surface area (Å²) in [7, 11) is 0. The molecule has 0 saturated carbocycles. The maximum atomic E-state index is 12.7. The molecule has 5 aromatic rings. The Bertz CT molecular complexity index is 1820. The highest BCUT2D eigenvalue weighted by atomic mass is 16.5. The number of nitrogens with one attached hydrogen (secondary N) is 1. The number of ether oxygens (including phenoxy) is 1. The van der Waals surface area contributed by atoms with Crippen molar-refractivity contribution >= 4 is 17.7 Å². The molecule has 1 saturated heterocycles. The molecule has 0 radical (unpaired) electrons. The molecule has 1 aromatic heterocycles. The number of hydrogen-bond donors (Lipinski definition) is 1. The Morgan fingerprint density at radius 1 is 0.884 bits per heavy atom. The first kappa shape index (κ1) is 26.8. The lowest BCUT2D eigenvalue weighted by Gasteiger charge is -2.40. The molecular weight excluding hydrogens is 532 g/mol. The predicted octanol–water partition coefficient (Wildman–Crippen LogP) is 7.24. The number of aromatic nitrogens is 2. The molecule has 3 heterocycles. The van der Waals surface area contributed by atoms with E-state index >= 15 is 0 Å². The van der Waals surface area contributed by atoms with Gasteiger partial charge in [0.25, 0.3) is 0 Å². The van der Waals surface area contributed by atoms with E-state index < -0.39 is 5.66 Å². The highest BCUT2D eigenvalue weighted by molar-refractivity contribution is 5.91. The molecule has 2 aliphatic heterocycles. The first-order valence-corrected chi connectivity index (χ1v) is 14.8. The van der Waals surface area contributed by atoms with Crippen molar-refractivity contribution in [3.8, 4) is 33.8 Å². The minimum atomic E-state index is -0.621. The van der Waals surface area contributed by atoms with Crippen molar-refractivity contribution in [2.75, 3.05) is 18.1 Å². The second-order valence-corrected chi connectivity index (χ2v) is 11.6. The third kappa shape index (κ3) is 4.41. The lowest BCUT2D eigenvalue weighted by atomic mass is 9.75. The molecule has 6 nitrogen and oxygen atoms in total. The molecule has 214 valence electrons. The van der Waals surface area contributed by atoms with E-state index in [2.05, 4.69) is 109 Å². The minimum Gasteiger partial charge on any atom is -0.494 e. The van der Waals surface area contributed by atoms with Crippen LogP contribution in [-0.4, -0.2) is 34.5 Å². The normalized spacial score (nSPS) is 18.5. The molecule has 0 bridgehead atoms. The molecule has 2 aliphatic rings. The molecule has 1 fully saturated rings. The standard InChI is InChI=1S/C37H34N4O2/c1-4-43-30-20-18-28(19-21-30)35-31(24-41(39-35)29-10-6-5-7-11-29)27-16-14-26(15-17-27)22-23-37-36(2,3)32-12-8-9-13-33(32)40(37)25-34(42)38-37/h5-24H,4,25H2,1-3H3,(H,38,42)/b23-22+/t37-/m1/s1. The lowest BCUT2D eigenvalue weighted by molar-refractivity contribution is -0.118. The van der Waals surface area contributed by atoms with Gasteiger partial charge in [-0.2, -0.15) is 5.10 Å². The zero-order chi connectivity index (χ0) is 29.6. The van der Waals surface area contributed by atoms with Gasteiger partial charge < -0.3 is 15.0 Å².